The molecule has 1 spiro atoms. The molecule has 3 N–H and O–H groups in total. The first-order valence-corrected chi connectivity index (χ1v) is 36.8. The van der Waals surface area contributed by atoms with Crippen LogP contribution in [0.5, 0.6) is 0 Å². The van der Waals surface area contributed by atoms with Crippen LogP contribution in [0.4, 0.5) is 13.2 Å². The lowest BCUT2D eigenvalue weighted by Crippen LogP contribution is -2.59. The third-order valence-corrected chi connectivity index (χ3v) is 22.8. The van der Waals surface area contributed by atoms with Crippen molar-refractivity contribution >= 4 is 29.1 Å². The number of halogens is 5. The number of rotatable bonds is 12. The molecule has 2 aromatic rings. The number of benzene rings is 2. The average molecular weight is 1320 g/mol. The minimum absolute atomic E-state index is 0.0447. The number of nitrogens with one attached hydrogen (secondary N) is 3. The molecule has 91 heavy (non-hydrogen) atoms. The molecular weight excluding hydrogens is 1190 g/mol. The van der Waals surface area contributed by atoms with Crippen LogP contribution in [0.15, 0.2) is 42.5 Å². The summed E-state index contributed by atoms with van der Waals surface area (Å²) in [7, 11) is 16.0. The van der Waals surface area contributed by atoms with Gasteiger partial charge in [-0.15, -0.1) is 0 Å². The van der Waals surface area contributed by atoms with Crippen molar-refractivity contribution in [3.63, 3.8) is 0 Å². The Labute approximate surface area is 562 Å². The Morgan fingerprint density at radius 2 is 1.34 bits per heavy atom. The van der Waals surface area contributed by atoms with Gasteiger partial charge in [-0.2, -0.15) is 13.2 Å². The molecule has 2 saturated heterocycles. The normalized spacial score (nSPS) is 28.2. The molecule has 8 atom stereocenters. The third-order valence-electron chi connectivity index (χ3n) is 22.2. The van der Waals surface area contributed by atoms with E-state index in [2.05, 4.69) is 163 Å². The van der Waals surface area contributed by atoms with Gasteiger partial charge in [0.05, 0.1) is 16.6 Å². The van der Waals surface area contributed by atoms with E-state index >= 15 is 0 Å². The second-order valence-electron chi connectivity index (χ2n) is 29.7. The van der Waals surface area contributed by atoms with Gasteiger partial charge in [-0.1, -0.05) is 133 Å². The number of carbonyl (C=O) groups excluding carboxylic acids is 1. The zero-order valence-corrected chi connectivity index (χ0v) is 60.9. The predicted molar refractivity (Wildman–Crippen MR) is 378 cm³/mol. The Bertz CT molecular complexity index is 2360. The first-order chi connectivity index (χ1) is 43.4. The molecule has 2 heterocycles. The van der Waals surface area contributed by atoms with Crippen molar-refractivity contribution in [3.8, 4) is 0 Å². The highest BCUT2D eigenvalue weighted by Crippen LogP contribution is 2.36. The van der Waals surface area contributed by atoms with Crippen LogP contribution in [0, 0.1) is 17.8 Å². The van der Waals surface area contributed by atoms with E-state index in [9.17, 15) is 18.0 Å². The van der Waals surface area contributed by atoms with Crippen molar-refractivity contribution in [3.05, 3.63) is 69.2 Å². The van der Waals surface area contributed by atoms with E-state index in [-0.39, 0.29) is 34.7 Å². The van der Waals surface area contributed by atoms with E-state index in [1.807, 2.05) is 12.1 Å². The number of alkyl halides is 3. The SMILES string of the molecule is CC[C@H](C)[C@H]1CN(C)CCN(C)CCN(C)[C@@H](CC2CCCCC2)CN(C)CCN[C@@H](CCc2ccc(C(F)(F)F)c(Cl)c2)CN(CC)[C@@H](Cc2ccccc2Cl)CNC2(CCCC2)CN(C)[C@@H](C(C)C)CN(C)[C@H](C(=O)N2CCCCC2)CCN(C)[C@@H](C)CN1. The molecule has 2 aliphatic carbocycles. The Kier molecular flexibility index (Phi) is 33.6. The van der Waals surface area contributed by atoms with Crippen molar-refractivity contribution in [2.24, 2.45) is 17.8 Å². The zero-order valence-electron chi connectivity index (χ0n) is 59.4. The van der Waals surface area contributed by atoms with E-state index in [0.717, 1.165) is 191 Å². The van der Waals surface area contributed by atoms with Gasteiger partial charge in [-0.3, -0.25) is 14.6 Å². The van der Waals surface area contributed by atoms with E-state index in [1.165, 1.54) is 63.9 Å². The minimum atomic E-state index is -4.51. The first-order valence-electron chi connectivity index (χ1n) is 36.1. The number of hydrogen-bond acceptors (Lipinski definition) is 12. The molecule has 18 heteroatoms. The van der Waals surface area contributed by atoms with Crippen LogP contribution >= 0.6 is 23.2 Å². The highest BCUT2D eigenvalue weighted by molar-refractivity contribution is 6.31. The zero-order chi connectivity index (χ0) is 66.3. The van der Waals surface area contributed by atoms with Gasteiger partial charge in [0.25, 0.3) is 0 Å². The quantitative estimate of drug-likeness (QED) is 0.189. The maximum absolute atomic E-state index is 14.9. The molecule has 0 aromatic heterocycles. The largest absolute Gasteiger partial charge is 0.417 e. The number of likely N-dealkylation sites (N-methyl/N-ethyl adjacent to an activating group) is 8. The molecule has 0 bridgehead atoms. The Morgan fingerprint density at radius 3 is 2.00 bits per heavy atom. The number of likely N-dealkylation sites (tertiary alicyclic amines) is 1. The highest BCUT2D eigenvalue weighted by Gasteiger charge is 2.40. The van der Waals surface area contributed by atoms with Gasteiger partial charge in [-0.25, -0.2) is 0 Å². The number of amides is 1. The standard InChI is InChI=1S/C73H129Cl2F3N12O/c1-14-57(5)68-53-84(9)43-42-82(7)44-45-86(11)64(46-59-26-18-16-19-27-59)52-83(8)41-37-79-62(32-30-60-31-33-65(67(75)47-60)73(76,77)78)51-89(15-2)63(48-61-28-20-21-29-66(61)74)50-81-72(35-22-23-36-72)55-88(13)70(56(3)4)54-87(12)69(34-40-85(10)58(6)49-80-68)71(91)90-38-24-17-25-39-90/h20-21,28-29,31,33,47,56-59,62-64,68-70,79-81H,14-19,22-27,30,32,34-46,48-55H2,1-13H3/t57-,58-,62-,63-,64-,68+,69-,70+/m0/s1. The van der Waals surface area contributed by atoms with Crippen molar-refractivity contribution < 1.29 is 18.0 Å². The Morgan fingerprint density at radius 1 is 0.670 bits per heavy atom. The second-order valence-corrected chi connectivity index (χ2v) is 30.5. The number of aryl methyl sites for hydroxylation is 1. The summed E-state index contributed by atoms with van der Waals surface area (Å²) in [6.45, 7) is 29.2. The molecule has 4 aliphatic rings. The van der Waals surface area contributed by atoms with Gasteiger partial charge in [0, 0.05) is 152 Å². The van der Waals surface area contributed by atoms with E-state index in [4.69, 9.17) is 23.2 Å². The molecule has 2 saturated carbocycles. The van der Waals surface area contributed by atoms with Crippen molar-refractivity contribution in [2.45, 2.75) is 211 Å². The summed E-state index contributed by atoms with van der Waals surface area (Å²) >= 11 is 13.4. The fourth-order valence-corrected chi connectivity index (χ4v) is 15.9. The number of carbonyl (C=O) groups is 1. The molecule has 0 unspecified atom stereocenters. The second kappa shape index (κ2) is 39.3. The summed E-state index contributed by atoms with van der Waals surface area (Å²) in [5, 5.41) is 13.0. The van der Waals surface area contributed by atoms with Crippen LogP contribution in [-0.4, -0.2) is 258 Å². The van der Waals surface area contributed by atoms with E-state index in [0.29, 0.717) is 42.3 Å². The lowest BCUT2D eigenvalue weighted by molar-refractivity contribution is -0.138. The van der Waals surface area contributed by atoms with Crippen LogP contribution in [-0.2, 0) is 23.8 Å². The lowest BCUT2D eigenvalue weighted by atomic mass is 9.84. The predicted octanol–water partition coefficient (Wildman–Crippen LogP) is 11.8. The van der Waals surface area contributed by atoms with E-state index < -0.39 is 11.7 Å². The minimum Gasteiger partial charge on any atom is -0.341 e. The van der Waals surface area contributed by atoms with Gasteiger partial charge < -0.3 is 50.2 Å². The summed E-state index contributed by atoms with van der Waals surface area (Å²) in [5.41, 5.74) is 1.04. The maximum Gasteiger partial charge on any atom is 0.417 e. The maximum atomic E-state index is 14.9. The summed E-state index contributed by atoms with van der Waals surface area (Å²) in [6, 6.07) is 13.8. The number of hydrogen-bond donors (Lipinski definition) is 3. The molecule has 2 aromatic carbocycles. The van der Waals surface area contributed by atoms with E-state index in [1.54, 1.807) is 6.07 Å². The van der Waals surface area contributed by atoms with Gasteiger partial charge >= 0.3 is 6.18 Å². The van der Waals surface area contributed by atoms with Crippen LogP contribution in [0.3, 0.4) is 0 Å². The number of piperidine rings is 1. The molecular formula is C73H129Cl2F3N12O. The molecule has 2 aliphatic heterocycles. The third kappa shape index (κ3) is 25.7. The number of nitrogens with zero attached hydrogens (tertiary/aromatic N) is 9. The summed E-state index contributed by atoms with van der Waals surface area (Å²) in [5.74, 6) is 1.94. The van der Waals surface area contributed by atoms with Gasteiger partial charge in [0.15, 0.2) is 0 Å². The summed E-state index contributed by atoms with van der Waals surface area (Å²) < 4.78 is 41.8. The topological polar surface area (TPSA) is 82.3 Å². The smallest absolute Gasteiger partial charge is 0.341 e. The van der Waals surface area contributed by atoms with Gasteiger partial charge in [0.1, 0.15) is 0 Å². The summed E-state index contributed by atoms with van der Waals surface area (Å²) in [6.07, 6.45) is 15.3. The van der Waals surface area contributed by atoms with Crippen molar-refractivity contribution in [2.75, 3.05) is 161 Å². The average Bonchev–Trinajstić information content (AvgIpc) is 2.03. The monoisotopic (exact) mass is 1320 g/mol. The Balaban J connectivity index is 1.31. The van der Waals surface area contributed by atoms with Gasteiger partial charge in [-0.05, 0) is 174 Å². The lowest BCUT2D eigenvalue weighted by Gasteiger charge is -2.44. The van der Waals surface area contributed by atoms with Crippen molar-refractivity contribution in [1.29, 1.82) is 0 Å². The fourth-order valence-electron chi connectivity index (χ4n) is 15.4. The molecule has 6 rings (SSSR count). The van der Waals surface area contributed by atoms with Gasteiger partial charge in [0.2, 0.25) is 5.91 Å². The van der Waals surface area contributed by atoms with Crippen molar-refractivity contribution in [1.82, 2.24) is 60.0 Å². The van der Waals surface area contributed by atoms with Crippen LogP contribution in [0.2, 0.25) is 10.0 Å². The van der Waals surface area contributed by atoms with Crippen LogP contribution in [0.25, 0.3) is 0 Å². The molecule has 0 radical (unpaired) electrons. The molecule has 4 fully saturated rings. The molecule has 13 nitrogen and oxygen atoms in total. The highest BCUT2D eigenvalue weighted by atomic mass is 35.5. The summed E-state index contributed by atoms with van der Waals surface area (Å²) in [4.78, 5) is 37.5. The Hall–Kier alpha value is -2.16. The first kappa shape index (κ1) is 77.8. The molecule has 522 valence electrons. The van der Waals surface area contributed by atoms with Crippen LogP contribution in [0.1, 0.15) is 161 Å². The van der Waals surface area contributed by atoms with Crippen LogP contribution < -0.4 is 16.0 Å². The molecule has 1 amide bonds. The fraction of sp³-hybridized carbons (Fsp3) is 0.822.